The smallest absolute Gasteiger partial charge is 0.331 e. The van der Waals surface area contributed by atoms with Crippen LogP contribution in [0.2, 0.25) is 0 Å². The summed E-state index contributed by atoms with van der Waals surface area (Å²) in [6.45, 7) is 2.16. The number of carbonyl (C=O) groups excluding carboxylic acids is 1. The Bertz CT molecular complexity index is 207. The Labute approximate surface area is 85.5 Å². The van der Waals surface area contributed by atoms with Gasteiger partial charge < -0.3 is 10.1 Å². The van der Waals surface area contributed by atoms with Crippen LogP contribution in [0.3, 0.4) is 0 Å². The monoisotopic (exact) mass is 197 g/mol. The maximum absolute atomic E-state index is 10.8. The Morgan fingerprint density at radius 1 is 1.50 bits per heavy atom. The standard InChI is InChI=1S/C11H19NO2/c1-9(10-5-3-4-6-10)12-8-7-11(13)14-2/h7-10,12H,3-6H2,1-2H3/b8-7+. The summed E-state index contributed by atoms with van der Waals surface area (Å²) in [5.41, 5.74) is 0. The van der Waals surface area contributed by atoms with Crippen LogP contribution >= 0.6 is 0 Å². The van der Waals surface area contributed by atoms with E-state index in [4.69, 9.17) is 0 Å². The fourth-order valence-corrected chi connectivity index (χ4v) is 1.93. The summed E-state index contributed by atoms with van der Waals surface area (Å²) in [6.07, 6.45) is 8.41. The average Bonchev–Trinajstić information content (AvgIpc) is 2.70. The summed E-state index contributed by atoms with van der Waals surface area (Å²) >= 11 is 0. The van der Waals surface area contributed by atoms with Gasteiger partial charge in [-0.2, -0.15) is 0 Å². The summed E-state index contributed by atoms with van der Waals surface area (Å²) in [6, 6.07) is 0.457. The Kier molecular flexibility index (Phi) is 4.50. The molecule has 1 aliphatic rings. The first kappa shape index (κ1) is 11.1. The molecule has 1 fully saturated rings. The van der Waals surface area contributed by atoms with Crippen LogP contribution in [0.5, 0.6) is 0 Å². The molecule has 1 saturated carbocycles. The van der Waals surface area contributed by atoms with E-state index in [1.165, 1.54) is 38.9 Å². The van der Waals surface area contributed by atoms with Crippen LogP contribution in [0.15, 0.2) is 12.3 Å². The predicted octanol–water partition coefficient (Wildman–Crippen LogP) is 1.84. The Balaban J connectivity index is 2.22. The van der Waals surface area contributed by atoms with Crippen molar-refractivity contribution in [2.75, 3.05) is 7.11 Å². The average molecular weight is 197 g/mol. The third kappa shape index (κ3) is 3.40. The van der Waals surface area contributed by atoms with Crippen molar-refractivity contribution in [3.8, 4) is 0 Å². The summed E-state index contributed by atoms with van der Waals surface area (Å²) in [7, 11) is 1.38. The molecule has 3 heteroatoms. The quantitative estimate of drug-likeness (QED) is 0.552. The molecule has 0 aromatic rings. The van der Waals surface area contributed by atoms with E-state index in [0.29, 0.717) is 6.04 Å². The molecular formula is C11H19NO2. The minimum atomic E-state index is -0.309. The van der Waals surface area contributed by atoms with Gasteiger partial charge in [0.2, 0.25) is 0 Å². The third-order valence-corrected chi connectivity index (χ3v) is 2.89. The summed E-state index contributed by atoms with van der Waals surface area (Å²) in [5, 5.41) is 3.21. The lowest BCUT2D eigenvalue weighted by Crippen LogP contribution is -2.28. The van der Waals surface area contributed by atoms with Gasteiger partial charge in [0.25, 0.3) is 0 Å². The van der Waals surface area contributed by atoms with E-state index in [9.17, 15) is 4.79 Å². The maximum atomic E-state index is 10.8. The molecule has 0 heterocycles. The van der Waals surface area contributed by atoms with Gasteiger partial charge in [0.1, 0.15) is 0 Å². The second-order valence-corrected chi connectivity index (χ2v) is 3.86. The predicted molar refractivity (Wildman–Crippen MR) is 55.7 cm³/mol. The van der Waals surface area contributed by atoms with E-state index < -0.39 is 0 Å². The van der Waals surface area contributed by atoms with Gasteiger partial charge in [0, 0.05) is 18.3 Å². The van der Waals surface area contributed by atoms with Crippen molar-refractivity contribution in [2.24, 2.45) is 5.92 Å². The molecule has 0 aliphatic heterocycles. The number of methoxy groups -OCH3 is 1. The molecule has 0 aromatic carbocycles. The molecule has 0 saturated heterocycles. The van der Waals surface area contributed by atoms with Crippen molar-refractivity contribution in [3.63, 3.8) is 0 Å². The summed E-state index contributed by atoms with van der Waals surface area (Å²) in [5.74, 6) is 0.452. The first-order chi connectivity index (χ1) is 6.74. The van der Waals surface area contributed by atoms with Crippen molar-refractivity contribution < 1.29 is 9.53 Å². The molecule has 1 N–H and O–H groups in total. The highest BCUT2D eigenvalue weighted by Crippen LogP contribution is 2.27. The van der Waals surface area contributed by atoms with E-state index in [1.807, 2.05) is 0 Å². The highest BCUT2D eigenvalue weighted by atomic mass is 16.5. The van der Waals surface area contributed by atoms with E-state index >= 15 is 0 Å². The lowest BCUT2D eigenvalue weighted by atomic mass is 10.0. The zero-order valence-corrected chi connectivity index (χ0v) is 8.95. The molecule has 1 atom stereocenters. The maximum Gasteiger partial charge on any atom is 0.331 e. The van der Waals surface area contributed by atoms with Crippen LogP contribution in [0.4, 0.5) is 0 Å². The van der Waals surface area contributed by atoms with Gasteiger partial charge in [-0.1, -0.05) is 12.8 Å². The Morgan fingerprint density at radius 3 is 2.71 bits per heavy atom. The number of carbonyl (C=O) groups is 1. The molecule has 1 unspecified atom stereocenters. The molecule has 0 bridgehead atoms. The van der Waals surface area contributed by atoms with Gasteiger partial charge in [-0.05, 0) is 25.7 Å². The van der Waals surface area contributed by atoms with Gasteiger partial charge >= 0.3 is 5.97 Å². The number of nitrogens with one attached hydrogen (secondary N) is 1. The van der Waals surface area contributed by atoms with Crippen molar-refractivity contribution in [1.82, 2.24) is 5.32 Å². The molecule has 3 nitrogen and oxygen atoms in total. The first-order valence-corrected chi connectivity index (χ1v) is 5.24. The second kappa shape index (κ2) is 5.68. The van der Waals surface area contributed by atoms with Crippen molar-refractivity contribution in [2.45, 2.75) is 38.6 Å². The number of ether oxygens (including phenoxy) is 1. The van der Waals surface area contributed by atoms with Crippen LogP contribution < -0.4 is 5.32 Å². The fraction of sp³-hybridized carbons (Fsp3) is 0.727. The van der Waals surface area contributed by atoms with Gasteiger partial charge in [-0.25, -0.2) is 4.79 Å². The summed E-state index contributed by atoms with van der Waals surface area (Å²) in [4.78, 5) is 10.8. The number of hydrogen-bond donors (Lipinski definition) is 1. The topological polar surface area (TPSA) is 38.3 Å². The Hall–Kier alpha value is -0.990. The Morgan fingerprint density at radius 2 is 2.14 bits per heavy atom. The number of esters is 1. The van der Waals surface area contributed by atoms with E-state index in [1.54, 1.807) is 6.20 Å². The fourth-order valence-electron chi connectivity index (χ4n) is 1.93. The zero-order chi connectivity index (χ0) is 10.4. The van der Waals surface area contributed by atoms with Crippen molar-refractivity contribution >= 4 is 5.97 Å². The lowest BCUT2D eigenvalue weighted by Gasteiger charge is -2.18. The molecule has 80 valence electrons. The molecule has 0 spiro atoms. The zero-order valence-electron chi connectivity index (χ0n) is 8.95. The van der Waals surface area contributed by atoms with E-state index in [2.05, 4.69) is 17.0 Å². The van der Waals surface area contributed by atoms with Gasteiger partial charge in [-0.15, -0.1) is 0 Å². The SMILES string of the molecule is COC(=O)/C=C/NC(C)C1CCCC1. The van der Waals surface area contributed by atoms with Gasteiger partial charge in [-0.3, -0.25) is 0 Å². The third-order valence-electron chi connectivity index (χ3n) is 2.89. The molecular weight excluding hydrogens is 178 g/mol. The number of hydrogen-bond acceptors (Lipinski definition) is 3. The van der Waals surface area contributed by atoms with Crippen molar-refractivity contribution in [3.05, 3.63) is 12.3 Å². The van der Waals surface area contributed by atoms with Crippen LogP contribution in [0, 0.1) is 5.92 Å². The molecule has 0 radical (unpaired) electrons. The highest BCUT2D eigenvalue weighted by molar-refractivity contribution is 5.81. The van der Waals surface area contributed by atoms with Gasteiger partial charge in [0.05, 0.1) is 7.11 Å². The van der Waals surface area contributed by atoms with Crippen LogP contribution in [-0.2, 0) is 9.53 Å². The summed E-state index contributed by atoms with van der Waals surface area (Å²) < 4.78 is 4.49. The van der Waals surface area contributed by atoms with Gasteiger partial charge in [0.15, 0.2) is 0 Å². The molecule has 1 aliphatic carbocycles. The molecule has 0 aromatic heterocycles. The minimum Gasteiger partial charge on any atom is -0.466 e. The largest absolute Gasteiger partial charge is 0.466 e. The molecule has 1 rings (SSSR count). The van der Waals surface area contributed by atoms with Crippen LogP contribution in [0.25, 0.3) is 0 Å². The van der Waals surface area contributed by atoms with Crippen LogP contribution in [-0.4, -0.2) is 19.1 Å². The first-order valence-electron chi connectivity index (χ1n) is 5.24. The van der Waals surface area contributed by atoms with E-state index in [0.717, 1.165) is 5.92 Å². The second-order valence-electron chi connectivity index (χ2n) is 3.86. The van der Waals surface area contributed by atoms with Crippen LogP contribution in [0.1, 0.15) is 32.6 Å². The molecule has 0 amide bonds. The highest BCUT2D eigenvalue weighted by Gasteiger charge is 2.20. The minimum absolute atomic E-state index is 0.309. The number of rotatable bonds is 4. The normalized spacial score (nSPS) is 19.9. The van der Waals surface area contributed by atoms with E-state index in [-0.39, 0.29) is 5.97 Å². The van der Waals surface area contributed by atoms with Crippen molar-refractivity contribution in [1.29, 1.82) is 0 Å². The molecule has 14 heavy (non-hydrogen) atoms. The lowest BCUT2D eigenvalue weighted by molar-refractivity contribution is -0.134.